The topological polar surface area (TPSA) is 63.8 Å². The Bertz CT molecular complexity index is 551. The van der Waals surface area contributed by atoms with Crippen LogP contribution in [-0.2, 0) is 0 Å². The second kappa shape index (κ2) is 3.31. The number of nitrogens with one attached hydrogen (secondary N) is 1. The van der Waals surface area contributed by atoms with Gasteiger partial charge < -0.3 is 5.73 Å². The summed E-state index contributed by atoms with van der Waals surface area (Å²) in [6, 6.07) is 7.66. The van der Waals surface area contributed by atoms with E-state index in [1.807, 2.05) is 31.2 Å². The number of nitrogens with zero attached hydrogens (tertiary/aromatic N) is 1. The molecule has 0 aliphatic carbocycles. The van der Waals surface area contributed by atoms with Gasteiger partial charge in [-0.1, -0.05) is 18.2 Å². The zero-order chi connectivity index (χ0) is 11.0. The summed E-state index contributed by atoms with van der Waals surface area (Å²) in [5.74, 6) is 0. The Balaban J connectivity index is 2.70. The quantitative estimate of drug-likeness (QED) is 0.735. The van der Waals surface area contributed by atoms with Crippen LogP contribution in [0.25, 0.3) is 5.69 Å². The van der Waals surface area contributed by atoms with Gasteiger partial charge in [0.1, 0.15) is 5.69 Å². The number of anilines is 1. The summed E-state index contributed by atoms with van der Waals surface area (Å²) in [7, 11) is 0. The number of hydrogen-bond donors (Lipinski definition) is 2. The molecule has 78 valence electrons. The first kappa shape index (κ1) is 9.58. The minimum atomic E-state index is -0.193. The highest BCUT2D eigenvalue weighted by molar-refractivity contribution is 5.46. The van der Waals surface area contributed by atoms with Crippen LogP contribution in [0.3, 0.4) is 0 Å². The van der Waals surface area contributed by atoms with Gasteiger partial charge in [0, 0.05) is 0 Å². The molecule has 3 N–H and O–H groups in total. The van der Waals surface area contributed by atoms with Crippen LogP contribution < -0.4 is 11.3 Å². The Labute approximate surface area is 87.3 Å². The summed E-state index contributed by atoms with van der Waals surface area (Å²) < 4.78 is 1.47. The zero-order valence-electron chi connectivity index (χ0n) is 8.74. The third kappa shape index (κ3) is 1.44. The van der Waals surface area contributed by atoms with Crippen molar-refractivity contribution in [2.45, 2.75) is 13.8 Å². The van der Waals surface area contributed by atoms with E-state index in [0.717, 1.165) is 11.3 Å². The molecule has 0 spiro atoms. The van der Waals surface area contributed by atoms with Gasteiger partial charge in [0.2, 0.25) is 0 Å². The van der Waals surface area contributed by atoms with E-state index in [1.54, 1.807) is 6.92 Å². The van der Waals surface area contributed by atoms with Crippen molar-refractivity contribution in [3.8, 4) is 5.69 Å². The average Bonchev–Trinajstić information content (AvgIpc) is 2.47. The first-order valence-corrected chi connectivity index (χ1v) is 4.74. The maximum absolute atomic E-state index is 11.7. The van der Waals surface area contributed by atoms with E-state index in [-0.39, 0.29) is 11.2 Å². The predicted octanol–water partition coefficient (Wildman–Crippen LogP) is 1.36. The number of aryl methyl sites for hydroxylation is 2. The van der Waals surface area contributed by atoms with Crippen molar-refractivity contribution >= 4 is 5.69 Å². The molecule has 0 saturated carbocycles. The van der Waals surface area contributed by atoms with Crippen LogP contribution in [0.5, 0.6) is 0 Å². The van der Waals surface area contributed by atoms with Gasteiger partial charge in [-0.3, -0.25) is 9.89 Å². The van der Waals surface area contributed by atoms with Crippen molar-refractivity contribution < 1.29 is 0 Å². The SMILES string of the molecule is Cc1ccccc1-n1[nH]c(C)c(N)c1=O. The Morgan fingerprint density at radius 3 is 2.47 bits per heavy atom. The molecule has 0 fully saturated rings. The lowest BCUT2D eigenvalue weighted by molar-refractivity contribution is 0.829. The van der Waals surface area contributed by atoms with E-state index in [2.05, 4.69) is 5.10 Å². The Hall–Kier alpha value is -1.97. The number of aromatic amines is 1. The van der Waals surface area contributed by atoms with E-state index in [1.165, 1.54) is 4.68 Å². The average molecular weight is 203 g/mol. The van der Waals surface area contributed by atoms with Crippen molar-refractivity contribution in [3.05, 3.63) is 45.9 Å². The highest BCUT2D eigenvalue weighted by Crippen LogP contribution is 2.12. The molecule has 0 aliphatic heterocycles. The molecule has 0 radical (unpaired) electrons. The highest BCUT2D eigenvalue weighted by Gasteiger charge is 2.09. The molecule has 0 aliphatic rings. The summed E-state index contributed by atoms with van der Waals surface area (Å²) in [4.78, 5) is 11.7. The first-order valence-electron chi connectivity index (χ1n) is 4.74. The van der Waals surface area contributed by atoms with E-state index >= 15 is 0 Å². The molecule has 2 aromatic rings. The van der Waals surface area contributed by atoms with Crippen LogP contribution in [0, 0.1) is 13.8 Å². The largest absolute Gasteiger partial charge is 0.393 e. The van der Waals surface area contributed by atoms with Crippen LogP contribution in [0.15, 0.2) is 29.1 Å². The summed E-state index contributed by atoms with van der Waals surface area (Å²) in [5, 5.41) is 2.95. The number of nitrogen functional groups attached to an aromatic ring is 1. The van der Waals surface area contributed by atoms with Crippen LogP contribution in [-0.4, -0.2) is 9.78 Å². The van der Waals surface area contributed by atoms with Crippen LogP contribution in [0.4, 0.5) is 5.69 Å². The number of hydrogen-bond acceptors (Lipinski definition) is 2. The summed E-state index contributed by atoms with van der Waals surface area (Å²) >= 11 is 0. The molecule has 1 heterocycles. The molecule has 15 heavy (non-hydrogen) atoms. The minimum Gasteiger partial charge on any atom is -0.393 e. The van der Waals surface area contributed by atoms with Gasteiger partial charge in [-0.15, -0.1) is 0 Å². The van der Waals surface area contributed by atoms with Gasteiger partial charge in [-0.25, -0.2) is 4.68 Å². The Morgan fingerprint density at radius 2 is 1.93 bits per heavy atom. The highest BCUT2D eigenvalue weighted by atomic mass is 16.1. The van der Waals surface area contributed by atoms with E-state index < -0.39 is 0 Å². The standard InChI is InChI=1S/C11H13N3O/c1-7-5-3-4-6-9(7)14-11(15)10(12)8(2)13-14/h3-6,13H,12H2,1-2H3. The van der Waals surface area contributed by atoms with Crippen molar-refractivity contribution in [1.82, 2.24) is 9.78 Å². The van der Waals surface area contributed by atoms with Gasteiger partial charge in [-0.2, -0.15) is 0 Å². The third-order valence-corrected chi connectivity index (χ3v) is 2.47. The number of nitrogens with two attached hydrogens (primary N) is 1. The van der Waals surface area contributed by atoms with Crippen molar-refractivity contribution in [1.29, 1.82) is 0 Å². The molecular formula is C11H13N3O. The molecule has 1 aromatic heterocycles. The normalized spacial score (nSPS) is 10.5. The first-order chi connectivity index (χ1) is 7.11. The van der Waals surface area contributed by atoms with Gasteiger partial charge in [-0.05, 0) is 25.5 Å². The van der Waals surface area contributed by atoms with Crippen LogP contribution in [0.2, 0.25) is 0 Å². The minimum absolute atomic E-state index is 0.193. The second-order valence-electron chi connectivity index (χ2n) is 3.58. The molecule has 1 aromatic carbocycles. The van der Waals surface area contributed by atoms with Crippen LogP contribution in [0.1, 0.15) is 11.3 Å². The van der Waals surface area contributed by atoms with Gasteiger partial charge in [0.05, 0.1) is 11.4 Å². The summed E-state index contributed by atoms with van der Waals surface area (Å²) in [6.45, 7) is 3.74. The smallest absolute Gasteiger partial charge is 0.294 e. The summed E-state index contributed by atoms with van der Waals surface area (Å²) in [5.41, 5.74) is 8.27. The monoisotopic (exact) mass is 203 g/mol. The number of aromatic nitrogens is 2. The fourth-order valence-electron chi connectivity index (χ4n) is 1.54. The molecule has 4 nitrogen and oxygen atoms in total. The van der Waals surface area contributed by atoms with Gasteiger partial charge in [0.15, 0.2) is 0 Å². The number of H-pyrrole nitrogens is 1. The van der Waals surface area contributed by atoms with Gasteiger partial charge >= 0.3 is 0 Å². The van der Waals surface area contributed by atoms with E-state index in [9.17, 15) is 4.79 Å². The van der Waals surface area contributed by atoms with Crippen molar-refractivity contribution in [2.24, 2.45) is 0 Å². The van der Waals surface area contributed by atoms with E-state index in [4.69, 9.17) is 5.73 Å². The van der Waals surface area contributed by atoms with Gasteiger partial charge in [0.25, 0.3) is 5.56 Å². The van der Waals surface area contributed by atoms with Crippen molar-refractivity contribution in [3.63, 3.8) is 0 Å². The third-order valence-electron chi connectivity index (χ3n) is 2.47. The molecule has 2 rings (SSSR count). The van der Waals surface area contributed by atoms with Crippen molar-refractivity contribution in [2.75, 3.05) is 5.73 Å². The molecular weight excluding hydrogens is 190 g/mol. The Morgan fingerprint density at radius 1 is 1.27 bits per heavy atom. The molecule has 0 unspecified atom stereocenters. The zero-order valence-corrected chi connectivity index (χ0v) is 8.74. The Kier molecular flexibility index (Phi) is 2.11. The fraction of sp³-hybridized carbons (Fsp3) is 0.182. The maximum Gasteiger partial charge on any atom is 0.294 e. The fourth-order valence-corrected chi connectivity index (χ4v) is 1.54. The van der Waals surface area contributed by atoms with E-state index in [0.29, 0.717) is 5.69 Å². The predicted molar refractivity (Wildman–Crippen MR) is 60.3 cm³/mol. The lowest BCUT2D eigenvalue weighted by atomic mass is 10.2. The molecule has 0 amide bonds. The number of para-hydroxylation sites is 1. The summed E-state index contributed by atoms with van der Waals surface area (Å²) in [6.07, 6.45) is 0. The van der Waals surface area contributed by atoms with Crippen LogP contribution >= 0.6 is 0 Å². The second-order valence-corrected chi connectivity index (χ2v) is 3.58. The molecule has 0 atom stereocenters. The molecule has 4 heteroatoms. The number of rotatable bonds is 1. The molecule has 0 bridgehead atoms. The lowest BCUT2D eigenvalue weighted by Crippen LogP contribution is -2.17. The molecule has 0 saturated heterocycles. The number of benzene rings is 1. The lowest BCUT2D eigenvalue weighted by Gasteiger charge is -2.04. The maximum atomic E-state index is 11.7.